The van der Waals surface area contributed by atoms with Crippen molar-refractivity contribution in [2.75, 3.05) is 25.0 Å². The third-order valence-electron chi connectivity index (χ3n) is 4.08. The van der Waals surface area contributed by atoms with Crippen LogP contribution in [0.25, 0.3) is 0 Å². The quantitative estimate of drug-likeness (QED) is 0.801. The molecule has 1 fully saturated rings. The largest absolute Gasteiger partial charge is 0.373 e. The number of aromatic nitrogens is 1. The molecule has 140 valence electrons. The fourth-order valence-corrected chi connectivity index (χ4v) is 4.47. The van der Waals surface area contributed by atoms with Crippen LogP contribution < -0.4 is 5.32 Å². The van der Waals surface area contributed by atoms with E-state index in [4.69, 9.17) is 27.9 Å². The van der Waals surface area contributed by atoms with Gasteiger partial charge in [-0.25, -0.2) is 4.98 Å². The number of carbonyl (C=O) groups is 1. The Morgan fingerprint density at radius 3 is 2.62 bits per heavy atom. The second-order valence-electron chi connectivity index (χ2n) is 6.51. The van der Waals surface area contributed by atoms with Gasteiger partial charge in [-0.05, 0) is 31.5 Å². The second-order valence-corrected chi connectivity index (χ2v) is 8.44. The first-order valence-electron chi connectivity index (χ1n) is 8.46. The Morgan fingerprint density at radius 2 is 1.96 bits per heavy atom. The van der Waals surface area contributed by atoms with Gasteiger partial charge in [-0.3, -0.25) is 9.69 Å². The Kier molecular flexibility index (Phi) is 6.53. The first-order chi connectivity index (χ1) is 12.4. The fraction of sp³-hybridized carbons (Fsp3) is 0.444. The molecule has 5 nitrogen and oxygen atoms in total. The SMILES string of the molecule is C[C@H]1CN(CC(=O)Nc2ncc(Cc3c(Cl)cccc3Cl)s2)C[C@H](C)O1. The smallest absolute Gasteiger partial charge is 0.240 e. The molecule has 0 aliphatic carbocycles. The predicted molar refractivity (Wildman–Crippen MR) is 106 cm³/mol. The highest BCUT2D eigenvalue weighted by Gasteiger charge is 2.24. The first kappa shape index (κ1) is 19.6. The molecule has 8 heteroatoms. The summed E-state index contributed by atoms with van der Waals surface area (Å²) in [6, 6.07) is 5.45. The molecule has 1 N–H and O–H groups in total. The van der Waals surface area contributed by atoms with Crippen LogP contribution >= 0.6 is 34.5 Å². The predicted octanol–water partition coefficient (Wildman–Crippen LogP) is 4.09. The van der Waals surface area contributed by atoms with Crippen molar-refractivity contribution < 1.29 is 9.53 Å². The Morgan fingerprint density at radius 1 is 1.31 bits per heavy atom. The molecule has 0 spiro atoms. The van der Waals surface area contributed by atoms with Crippen molar-refractivity contribution in [3.63, 3.8) is 0 Å². The van der Waals surface area contributed by atoms with E-state index in [1.807, 2.05) is 32.0 Å². The second kappa shape index (κ2) is 8.67. The topological polar surface area (TPSA) is 54.5 Å². The number of benzene rings is 1. The number of thiazole rings is 1. The molecule has 1 amide bonds. The van der Waals surface area contributed by atoms with E-state index in [0.717, 1.165) is 23.5 Å². The fourth-order valence-electron chi connectivity index (χ4n) is 3.10. The Bertz CT molecular complexity index is 753. The molecule has 1 aliphatic heterocycles. The lowest BCUT2D eigenvalue weighted by Crippen LogP contribution is -2.48. The van der Waals surface area contributed by atoms with E-state index in [1.54, 1.807) is 6.20 Å². The van der Waals surface area contributed by atoms with Crippen LogP contribution in [0.2, 0.25) is 10.0 Å². The van der Waals surface area contributed by atoms with Gasteiger partial charge >= 0.3 is 0 Å². The van der Waals surface area contributed by atoms with Crippen LogP contribution in [0, 0.1) is 0 Å². The highest BCUT2D eigenvalue weighted by Crippen LogP contribution is 2.29. The molecule has 2 aromatic rings. The summed E-state index contributed by atoms with van der Waals surface area (Å²) >= 11 is 13.9. The summed E-state index contributed by atoms with van der Waals surface area (Å²) in [5.74, 6) is -0.0667. The van der Waals surface area contributed by atoms with Crippen LogP contribution in [-0.2, 0) is 16.0 Å². The molecule has 3 rings (SSSR count). The summed E-state index contributed by atoms with van der Waals surface area (Å²) in [6.07, 6.45) is 2.61. The van der Waals surface area contributed by atoms with Gasteiger partial charge in [0.25, 0.3) is 0 Å². The maximum atomic E-state index is 12.3. The number of morpholine rings is 1. The molecule has 26 heavy (non-hydrogen) atoms. The molecule has 1 aromatic carbocycles. The molecular formula is C18H21Cl2N3O2S. The van der Waals surface area contributed by atoms with E-state index in [2.05, 4.69) is 15.2 Å². The average molecular weight is 414 g/mol. The van der Waals surface area contributed by atoms with E-state index in [1.165, 1.54) is 11.3 Å². The molecule has 0 unspecified atom stereocenters. The number of amides is 1. The summed E-state index contributed by atoms with van der Waals surface area (Å²) < 4.78 is 5.69. The van der Waals surface area contributed by atoms with Gasteiger partial charge in [0.1, 0.15) is 0 Å². The van der Waals surface area contributed by atoms with Crippen LogP contribution in [0.3, 0.4) is 0 Å². The van der Waals surface area contributed by atoms with Crippen LogP contribution in [0.1, 0.15) is 24.3 Å². The molecule has 2 heterocycles. The summed E-state index contributed by atoms with van der Waals surface area (Å²) in [6.45, 7) is 5.89. The maximum absolute atomic E-state index is 12.3. The highest BCUT2D eigenvalue weighted by molar-refractivity contribution is 7.15. The molecule has 0 saturated carbocycles. The van der Waals surface area contributed by atoms with E-state index in [-0.39, 0.29) is 18.1 Å². The lowest BCUT2D eigenvalue weighted by molar-refractivity contribution is -0.121. The summed E-state index contributed by atoms with van der Waals surface area (Å²) in [5.41, 5.74) is 0.869. The van der Waals surface area contributed by atoms with Gasteiger partial charge in [-0.2, -0.15) is 0 Å². The summed E-state index contributed by atoms with van der Waals surface area (Å²) in [7, 11) is 0. The lowest BCUT2D eigenvalue weighted by Gasteiger charge is -2.34. The number of carbonyl (C=O) groups excluding carboxylic acids is 1. The number of rotatable bonds is 5. The summed E-state index contributed by atoms with van der Waals surface area (Å²) in [4.78, 5) is 19.7. The van der Waals surface area contributed by atoms with Crippen molar-refractivity contribution in [3.05, 3.63) is 44.9 Å². The van der Waals surface area contributed by atoms with Gasteiger partial charge in [-0.1, -0.05) is 29.3 Å². The van der Waals surface area contributed by atoms with Crippen LogP contribution in [-0.4, -0.2) is 47.6 Å². The molecule has 2 atom stereocenters. The number of nitrogens with one attached hydrogen (secondary N) is 1. The van der Waals surface area contributed by atoms with Crippen LogP contribution in [0.15, 0.2) is 24.4 Å². The van der Waals surface area contributed by atoms with E-state index in [0.29, 0.717) is 28.1 Å². The van der Waals surface area contributed by atoms with Crippen molar-refractivity contribution in [2.24, 2.45) is 0 Å². The van der Waals surface area contributed by atoms with Crippen molar-refractivity contribution in [3.8, 4) is 0 Å². The molecular weight excluding hydrogens is 393 g/mol. The zero-order valence-electron chi connectivity index (χ0n) is 14.7. The van der Waals surface area contributed by atoms with E-state index >= 15 is 0 Å². The van der Waals surface area contributed by atoms with Crippen molar-refractivity contribution in [1.82, 2.24) is 9.88 Å². The van der Waals surface area contributed by atoms with Crippen molar-refractivity contribution >= 4 is 45.6 Å². The van der Waals surface area contributed by atoms with E-state index < -0.39 is 0 Å². The minimum absolute atomic E-state index is 0.0667. The normalized spacial score (nSPS) is 20.9. The maximum Gasteiger partial charge on any atom is 0.240 e. The van der Waals surface area contributed by atoms with Gasteiger partial charge in [0.05, 0.1) is 18.8 Å². The molecule has 1 aliphatic rings. The van der Waals surface area contributed by atoms with Gasteiger partial charge in [-0.15, -0.1) is 11.3 Å². The van der Waals surface area contributed by atoms with Gasteiger partial charge in [0.15, 0.2) is 5.13 Å². The third kappa shape index (κ3) is 5.18. The van der Waals surface area contributed by atoms with Gasteiger partial charge < -0.3 is 10.1 Å². The number of hydrogen-bond donors (Lipinski definition) is 1. The molecule has 1 aromatic heterocycles. The van der Waals surface area contributed by atoms with Crippen LogP contribution in [0.5, 0.6) is 0 Å². The average Bonchev–Trinajstić information content (AvgIpc) is 2.97. The van der Waals surface area contributed by atoms with Crippen LogP contribution in [0.4, 0.5) is 5.13 Å². The minimum Gasteiger partial charge on any atom is -0.373 e. The zero-order chi connectivity index (χ0) is 18.7. The van der Waals surface area contributed by atoms with Crippen molar-refractivity contribution in [1.29, 1.82) is 0 Å². The van der Waals surface area contributed by atoms with Gasteiger partial charge in [0, 0.05) is 40.6 Å². The van der Waals surface area contributed by atoms with Crippen molar-refractivity contribution in [2.45, 2.75) is 32.5 Å². The molecule has 0 bridgehead atoms. The van der Waals surface area contributed by atoms with Gasteiger partial charge in [0.2, 0.25) is 5.91 Å². The number of anilines is 1. The molecule has 0 radical (unpaired) electrons. The number of ether oxygens (including phenoxy) is 1. The first-order valence-corrected chi connectivity index (χ1v) is 10.0. The third-order valence-corrected chi connectivity index (χ3v) is 5.70. The Labute approximate surface area is 167 Å². The Balaban J connectivity index is 1.57. The number of hydrogen-bond acceptors (Lipinski definition) is 5. The summed E-state index contributed by atoms with van der Waals surface area (Å²) in [5, 5.41) is 4.72. The number of halogens is 2. The Hall–Kier alpha value is -1.18. The standard InChI is InChI=1S/C18H21Cl2N3O2S/c1-11-8-23(9-12(2)25-11)10-17(24)22-18-21-7-13(26-18)6-14-15(19)4-3-5-16(14)20/h3-5,7,11-12H,6,8-10H2,1-2H3,(H,21,22,24)/t11-,12-/m0/s1. The molecule has 1 saturated heterocycles. The zero-order valence-corrected chi connectivity index (χ0v) is 17.0. The highest BCUT2D eigenvalue weighted by atomic mass is 35.5. The van der Waals surface area contributed by atoms with E-state index in [9.17, 15) is 4.79 Å². The monoisotopic (exact) mass is 413 g/mol. The lowest BCUT2D eigenvalue weighted by atomic mass is 10.1. The minimum atomic E-state index is -0.0667. The number of nitrogens with zero attached hydrogens (tertiary/aromatic N) is 2.